The topological polar surface area (TPSA) is 77.2 Å². The van der Waals surface area contributed by atoms with Crippen LogP contribution in [0.25, 0.3) is 44.6 Å². The van der Waals surface area contributed by atoms with Gasteiger partial charge in [0.2, 0.25) is 0 Å². The van der Waals surface area contributed by atoms with Gasteiger partial charge in [-0.3, -0.25) is 0 Å². The fourth-order valence-corrected chi connectivity index (χ4v) is 5.84. The maximum Gasteiger partial charge on any atom is 0.335 e. The van der Waals surface area contributed by atoms with E-state index >= 15 is 0 Å². The van der Waals surface area contributed by atoms with Crippen LogP contribution in [0.2, 0.25) is 0 Å². The number of rotatable bonds is 5. The molecule has 0 saturated heterocycles. The zero-order valence-electron chi connectivity index (χ0n) is 20.4. The number of carboxylic acid groups (broad SMARTS) is 1. The minimum Gasteiger partial charge on any atom is -0.497 e. The van der Waals surface area contributed by atoms with E-state index in [1.54, 1.807) is 19.2 Å². The Bertz CT molecular complexity index is 1650. The van der Waals surface area contributed by atoms with Gasteiger partial charge in [-0.1, -0.05) is 41.3 Å². The number of carboxylic acids is 1. The maximum absolute atomic E-state index is 11.6. The molecule has 1 aliphatic rings. The number of aromatic nitrogens is 3. The third-order valence-corrected chi connectivity index (χ3v) is 7.96. The molecule has 2 heterocycles. The van der Waals surface area contributed by atoms with Crippen LogP contribution in [0.4, 0.5) is 0 Å². The van der Waals surface area contributed by atoms with Crippen LogP contribution in [0, 0.1) is 0 Å². The number of pyridine rings is 1. The fourth-order valence-electron chi connectivity index (χ4n) is 5.39. The molecule has 7 heteroatoms. The number of hydrogen-bond donors (Lipinski definition) is 1. The number of halogens is 1. The van der Waals surface area contributed by atoms with E-state index in [1.807, 2.05) is 36.4 Å². The number of fused-ring (bicyclic) bond motifs is 2. The molecule has 0 atom stereocenters. The van der Waals surface area contributed by atoms with Crippen molar-refractivity contribution in [2.45, 2.75) is 38.1 Å². The minimum atomic E-state index is -0.939. The molecule has 6 nitrogen and oxygen atoms in total. The summed E-state index contributed by atoms with van der Waals surface area (Å²) in [4.78, 5) is 21.5. The number of ether oxygens (including phenoxy) is 1. The number of aromatic carboxylic acids is 1. The second-order valence-corrected chi connectivity index (χ2v) is 10.4. The molecule has 1 N–H and O–H groups in total. The summed E-state index contributed by atoms with van der Waals surface area (Å²) in [5, 5.41) is 10.5. The third-order valence-electron chi connectivity index (χ3n) is 7.27. The van der Waals surface area contributed by atoms with Gasteiger partial charge in [0.15, 0.2) is 0 Å². The van der Waals surface area contributed by atoms with Crippen molar-refractivity contribution >= 4 is 43.8 Å². The number of hydrogen-bond acceptors (Lipinski definition) is 4. The standard InChI is InChI=1S/C30H26BrN3O3/c1-37-22-10-11-24(31)23(17-22)26-13-7-18-15-19(8-12-25(18)32-26)29-33-27-16-20(30(35)36)9-14-28(27)34(29)21-5-3-2-4-6-21/h7-17,21H,2-6H2,1H3,(H,35,36). The van der Waals surface area contributed by atoms with Gasteiger partial charge in [-0.25, -0.2) is 14.8 Å². The van der Waals surface area contributed by atoms with Crippen molar-refractivity contribution in [2.24, 2.45) is 0 Å². The molecule has 0 amide bonds. The van der Waals surface area contributed by atoms with Crippen LogP contribution in [0.15, 0.2) is 71.2 Å². The molecule has 0 spiro atoms. The highest BCUT2D eigenvalue weighted by Crippen LogP contribution is 2.37. The van der Waals surface area contributed by atoms with Crippen LogP contribution in [0.1, 0.15) is 48.5 Å². The van der Waals surface area contributed by atoms with Gasteiger partial charge >= 0.3 is 5.97 Å². The monoisotopic (exact) mass is 555 g/mol. The number of methoxy groups -OCH3 is 1. The molecular weight excluding hydrogens is 530 g/mol. The third kappa shape index (κ3) is 4.37. The van der Waals surface area contributed by atoms with E-state index in [4.69, 9.17) is 14.7 Å². The zero-order valence-corrected chi connectivity index (χ0v) is 22.0. The highest BCUT2D eigenvalue weighted by Gasteiger charge is 2.23. The van der Waals surface area contributed by atoms with Crippen LogP contribution in [0.5, 0.6) is 5.75 Å². The van der Waals surface area contributed by atoms with Crippen LogP contribution >= 0.6 is 15.9 Å². The van der Waals surface area contributed by atoms with Crippen molar-refractivity contribution in [1.82, 2.24) is 14.5 Å². The summed E-state index contributed by atoms with van der Waals surface area (Å²) in [6.45, 7) is 0. The van der Waals surface area contributed by atoms with Crippen molar-refractivity contribution in [2.75, 3.05) is 7.11 Å². The summed E-state index contributed by atoms with van der Waals surface area (Å²) >= 11 is 3.64. The molecule has 0 aliphatic heterocycles. The molecule has 0 unspecified atom stereocenters. The summed E-state index contributed by atoms with van der Waals surface area (Å²) in [5.74, 6) is 0.722. The van der Waals surface area contributed by atoms with Crippen molar-refractivity contribution < 1.29 is 14.6 Å². The highest BCUT2D eigenvalue weighted by molar-refractivity contribution is 9.10. The average Bonchev–Trinajstić information content (AvgIpc) is 3.32. The lowest BCUT2D eigenvalue weighted by Crippen LogP contribution is -2.14. The Morgan fingerprint density at radius 3 is 2.57 bits per heavy atom. The number of nitrogens with zero attached hydrogens (tertiary/aromatic N) is 3. The molecule has 186 valence electrons. The normalized spacial score (nSPS) is 14.3. The van der Waals surface area contributed by atoms with E-state index in [0.717, 1.165) is 67.6 Å². The smallest absolute Gasteiger partial charge is 0.335 e. The van der Waals surface area contributed by atoms with E-state index in [9.17, 15) is 9.90 Å². The fraction of sp³-hybridized carbons (Fsp3) is 0.233. The molecule has 0 bridgehead atoms. The van der Waals surface area contributed by atoms with Crippen molar-refractivity contribution in [3.63, 3.8) is 0 Å². The van der Waals surface area contributed by atoms with Gasteiger partial charge in [-0.15, -0.1) is 0 Å². The van der Waals surface area contributed by atoms with E-state index in [0.29, 0.717) is 6.04 Å². The zero-order chi connectivity index (χ0) is 25.5. The molecule has 3 aromatic carbocycles. The predicted octanol–water partition coefficient (Wildman–Crippen LogP) is 7.89. The molecule has 37 heavy (non-hydrogen) atoms. The number of carbonyl (C=O) groups is 1. The summed E-state index contributed by atoms with van der Waals surface area (Å²) < 4.78 is 8.69. The summed E-state index contributed by atoms with van der Waals surface area (Å²) in [6, 6.07) is 21.8. The predicted molar refractivity (Wildman–Crippen MR) is 149 cm³/mol. The van der Waals surface area contributed by atoms with Gasteiger partial charge < -0.3 is 14.4 Å². The van der Waals surface area contributed by atoms with Gasteiger partial charge in [0.05, 0.1) is 34.9 Å². The van der Waals surface area contributed by atoms with E-state index in [1.165, 1.54) is 19.3 Å². The lowest BCUT2D eigenvalue weighted by Gasteiger charge is -2.25. The Balaban J connectivity index is 1.46. The van der Waals surface area contributed by atoms with Crippen LogP contribution < -0.4 is 4.74 Å². The SMILES string of the molecule is COc1ccc(Br)c(-c2ccc3cc(-c4nc5cc(C(=O)O)ccc5n4C4CCCCC4)ccc3n2)c1. The first-order valence-electron chi connectivity index (χ1n) is 12.5. The average molecular weight is 556 g/mol. The first-order valence-corrected chi connectivity index (χ1v) is 13.3. The molecule has 1 aliphatic carbocycles. The quantitative estimate of drug-likeness (QED) is 0.238. The largest absolute Gasteiger partial charge is 0.497 e. The Hall–Kier alpha value is -3.71. The highest BCUT2D eigenvalue weighted by atomic mass is 79.9. The lowest BCUT2D eigenvalue weighted by atomic mass is 9.94. The second-order valence-electron chi connectivity index (χ2n) is 9.56. The first kappa shape index (κ1) is 23.7. The Morgan fingerprint density at radius 2 is 1.78 bits per heavy atom. The lowest BCUT2D eigenvalue weighted by molar-refractivity contribution is 0.0697. The van der Waals surface area contributed by atoms with Gasteiger partial charge in [0, 0.05) is 27.0 Å². The van der Waals surface area contributed by atoms with Crippen LogP contribution in [-0.4, -0.2) is 32.7 Å². The molecule has 1 saturated carbocycles. The first-order chi connectivity index (χ1) is 18.0. The summed E-state index contributed by atoms with van der Waals surface area (Å²) in [5.41, 5.74) is 5.69. The minimum absolute atomic E-state index is 0.256. The van der Waals surface area contributed by atoms with Crippen LogP contribution in [-0.2, 0) is 0 Å². The summed E-state index contributed by atoms with van der Waals surface area (Å²) in [6.07, 6.45) is 5.86. The Kier molecular flexibility index (Phi) is 6.16. The van der Waals surface area contributed by atoms with Crippen molar-refractivity contribution in [1.29, 1.82) is 0 Å². The summed E-state index contributed by atoms with van der Waals surface area (Å²) in [7, 11) is 1.66. The van der Waals surface area contributed by atoms with Crippen LogP contribution in [0.3, 0.4) is 0 Å². The molecule has 6 rings (SSSR count). The van der Waals surface area contributed by atoms with E-state index < -0.39 is 5.97 Å². The van der Waals surface area contributed by atoms with Gasteiger partial charge in [-0.05, 0) is 73.5 Å². The second kappa shape index (κ2) is 9.63. The van der Waals surface area contributed by atoms with Crippen molar-refractivity contribution in [3.8, 4) is 28.4 Å². The molecule has 5 aromatic rings. The van der Waals surface area contributed by atoms with Gasteiger partial charge in [0.25, 0.3) is 0 Å². The Labute approximate surface area is 223 Å². The van der Waals surface area contributed by atoms with E-state index in [-0.39, 0.29) is 5.56 Å². The van der Waals surface area contributed by atoms with Gasteiger partial charge in [-0.2, -0.15) is 0 Å². The molecule has 2 aromatic heterocycles. The number of imidazole rings is 1. The maximum atomic E-state index is 11.6. The molecule has 1 fully saturated rings. The number of benzene rings is 3. The molecular formula is C30H26BrN3O3. The van der Waals surface area contributed by atoms with Crippen molar-refractivity contribution in [3.05, 3.63) is 76.8 Å². The Morgan fingerprint density at radius 1 is 0.946 bits per heavy atom. The van der Waals surface area contributed by atoms with Gasteiger partial charge in [0.1, 0.15) is 11.6 Å². The molecule has 0 radical (unpaired) electrons. The van der Waals surface area contributed by atoms with E-state index in [2.05, 4.69) is 38.7 Å².